The number of aryl methyl sites for hydroxylation is 1. The highest BCUT2D eigenvalue weighted by molar-refractivity contribution is 5.68. The molecule has 0 radical (unpaired) electrons. The van der Waals surface area contributed by atoms with Crippen LogP contribution in [0.1, 0.15) is 82.9 Å². The van der Waals surface area contributed by atoms with Crippen molar-refractivity contribution in [2.75, 3.05) is 0 Å². The Balaban J connectivity index is 2.17. The summed E-state index contributed by atoms with van der Waals surface area (Å²) in [5.41, 5.74) is 4.78. The zero-order chi connectivity index (χ0) is 17.9. The molecular weight excluding hydrogens is 295 g/mol. The van der Waals surface area contributed by atoms with Gasteiger partial charge in [0.1, 0.15) is 5.67 Å². The number of hydrogen-bond acceptors (Lipinski definition) is 0. The first-order valence-electron chi connectivity index (χ1n) is 9.34. The Morgan fingerprint density at radius 2 is 1.71 bits per heavy atom. The number of hydrogen-bond donors (Lipinski definition) is 0. The molecule has 0 aromatic heterocycles. The molecule has 1 heteroatoms. The van der Waals surface area contributed by atoms with E-state index in [0.29, 0.717) is 0 Å². The molecule has 0 bridgehead atoms. The summed E-state index contributed by atoms with van der Waals surface area (Å²) >= 11 is 0. The molecule has 0 unspecified atom stereocenters. The SMILES string of the molecule is C/C(=C\C=C(/C)C(C)(C)F)c1ccc(C2CCC(C)CC2)cc1C. The first-order chi connectivity index (χ1) is 11.2. The van der Waals surface area contributed by atoms with Crippen LogP contribution in [0.3, 0.4) is 0 Å². The van der Waals surface area contributed by atoms with E-state index in [1.165, 1.54) is 47.9 Å². The zero-order valence-electron chi connectivity index (χ0n) is 16.2. The maximum absolute atomic E-state index is 13.9. The van der Waals surface area contributed by atoms with E-state index in [2.05, 4.69) is 39.0 Å². The number of rotatable bonds is 4. The van der Waals surface area contributed by atoms with Crippen LogP contribution in [0.4, 0.5) is 4.39 Å². The average molecular weight is 329 g/mol. The summed E-state index contributed by atoms with van der Waals surface area (Å²) in [6.45, 7) is 11.7. The molecule has 1 aromatic carbocycles. The largest absolute Gasteiger partial charge is 0.240 e. The fraction of sp³-hybridized carbons (Fsp3) is 0.565. The lowest BCUT2D eigenvalue weighted by molar-refractivity contribution is 0.268. The number of benzene rings is 1. The first kappa shape index (κ1) is 19.0. The van der Waals surface area contributed by atoms with E-state index in [-0.39, 0.29) is 0 Å². The number of alkyl halides is 1. The summed E-state index contributed by atoms with van der Waals surface area (Å²) in [6, 6.07) is 6.91. The molecule has 0 nitrogen and oxygen atoms in total. The van der Waals surface area contributed by atoms with Crippen LogP contribution in [0.5, 0.6) is 0 Å². The molecule has 0 amide bonds. The Labute approximate surface area is 147 Å². The van der Waals surface area contributed by atoms with Crippen molar-refractivity contribution < 1.29 is 4.39 Å². The Morgan fingerprint density at radius 3 is 2.25 bits per heavy atom. The zero-order valence-corrected chi connectivity index (χ0v) is 16.2. The van der Waals surface area contributed by atoms with Crippen LogP contribution in [0.25, 0.3) is 5.57 Å². The highest BCUT2D eigenvalue weighted by atomic mass is 19.1. The van der Waals surface area contributed by atoms with E-state index in [1.807, 2.05) is 19.1 Å². The Bertz CT molecular complexity index is 620. The van der Waals surface area contributed by atoms with E-state index >= 15 is 0 Å². The third-order valence-electron chi connectivity index (χ3n) is 5.68. The van der Waals surface area contributed by atoms with Crippen LogP contribution >= 0.6 is 0 Å². The minimum atomic E-state index is -1.26. The highest BCUT2D eigenvalue weighted by Crippen LogP contribution is 2.36. The Kier molecular flexibility index (Phi) is 6.06. The fourth-order valence-electron chi connectivity index (χ4n) is 3.51. The van der Waals surface area contributed by atoms with Crippen molar-refractivity contribution in [2.24, 2.45) is 5.92 Å². The summed E-state index contributed by atoms with van der Waals surface area (Å²) < 4.78 is 13.9. The van der Waals surface area contributed by atoms with E-state index in [1.54, 1.807) is 13.8 Å². The second-order valence-electron chi connectivity index (χ2n) is 8.20. The number of halogens is 1. The van der Waals surface area contributed by atoms with Crippen molar-refractivity contribution in [3.05, 3.63) is 52.6 Å². The lowest BCUT2D eigenvalue weighted by atomic mass is 9.79. The van der Waals surface area contributed by atoms with Crippen molar-refractivity contribution >= 4 is 5.57 Å². The van der Waals surface area contributed by atoms with E-state index in [0.717, 1.165) is 17.4 Å². The molecule has 0 spiro atoms. The molecule has 0 heterocycles. The van der Waals surface area contributed by atoms with Crippen LogP contribution in [-0.4, -0.2) is 5.67 Å². The molecule has 0 atom stereocenters. The summed E-state index contributed by atoms with van der Waals surface area (Å²) in [6.07, 6.45) is 9.30. The van der Waals surface area contributed by atoms with Gasteiger partial charge in [-0.2, -0.15) is 0 Å². The van der Waals surface area contributed by atoms with Gasteiger partial charge in [0, 0.05) is 0 Å². The highest BCUT2D eigenvalue weighted by Gasteiger charge is 2.20. The standard InChI is InChI=1S/C23H33F/c1-16-7-11-20(12-8-16)21-13-14-22(18(3)15-21)17(2)9-10-19(4)23(5,6)24/h9-10,13-16,20H,7-8,11-12H2,1-6H3/b17-9+,19-10+. The Hall–Kier alpha value is -1.37. The van der Waals surface area contributed by atoms with Gasteiger partial charge in [0.15, 0.2) is 0 Å². The smallest absolute Gasteiger partial charge is 0.126 e. The second-order valence-corrected chi connectivity index (χ2v) is 8.20. The van der Waals surface area contributed by atoms with Gasteiger partial charge in [-0.15, -0.1) is 0 Å². The summed E-state index contributed by atoms with van der Waals surface area (Å²) in [7, 11) is 0. The van der Waals surface area contributed by atoms with Gasteiger partial charge < -0.3 is 0 Å². The van der Waals surface area contributed by atoms with Gasteiger partial charge in [0.2, 0.25) is 0 Å². The third-order valence-corrected chi connectivity index (χ3v) is 5.68. The van der Waals surface area contributed by atoms with E-state index in [4.69, 9.17) is 0 Å². The molecule has 132 valence electrons. The van der Waals surface area contributed by atoms with Crippen LogP contribution in [-0.2, 0) is 0 Å². The summed E-state index contributed by atoms with van der Waals surface area (Å²) in [5, 5.41) is 0. The van der Waals surface area contributed by atoms with Crippen LogP contribution in [0, 0.1) is 12.8 Å². The fourth-order valence-corrected chi connectivity index (χ4v) is 3.51. The van der Waals surface area contributed by atoms with Crippen molar-refractivity contribution in [1.29, 1.82) is 0 Å². The quantitative estimate of drug-likeness (QED) is 0.505. The van der Waals surface area contributed by atoms with Gasteiger partial charge in [-0.05, 0) is 87.1 Å². The normalized spacial score (nSPS) is 23.5. The van der Waals surface area contributed by atoms with Crippen molar-refractivity contribution in [2.45, 2.75) is 78.8 Å². The average Bonchev–Trinajstić information content (AvgIpc) is 2.52. The molecule has 1 aliphatic carbocycles. The molecule has 0 saturated heterocycles. The molecular formula is C23H33F. The first-order valence-corrected chi connectivity index (χ1v) is 9.34. The van der Waals surface area contributed by atoms with Crippen LogP contribution in [0.15, 0.2) is 35.9 Å². The lowest BCUT2D eigenvalue weighted by Crippen LogP contribution is -2.12. The predicted octanol–water partition coefficient (Wildman–Crippen LogP) is 7.39. The molecule has 1 aromatic rings. The molecule has 1 aliphatic rings. The van der Waals surface area contributed by atoms with Gasteiger partial charge in [-0.3, -0.25) is 0 Å². The maximum Gasteiger partial charge on any atom is 0.126 e. The molecule has 0 aliphatic heterocycles. The van der Waals surface area contributed by atoms with Gasteiger partial charge in [0.05, 0.1) is 0 Å². The molecule has 24 heavy (non-hydrogen) atoms. The van der Waals surface area contributed by atoms with Crippen molar-refractivity contribution in [3.8, 4) is 0 Å². The topological polar surface area (TPSA) is 0 Å². The molecule has 0 N–H and O–H groups in total. The summed E-state index contributed by atoms with van der Waals surface area (Å²) in [4.78, 5) is 0. The molecule has 1 saturated carbocycles. The third kappa shape index (κ3) is 4.82. The van der Waals surface area contributed by atoms with Crippen molar-refractivity contribution in [1.82, 2.24) is 0 Å². The Morgan fingerprint density at radius 1 is 1.08 bits per heavy atom. The monoisotopic (exact) mass is 328 g/mol. The van der Waals surface area contributed by atoms with E-state index < -0.39 is 5.67 Å². The van der Waals surface area contributed by atoms with Gasteiger partial charge >= 0.3 is 0 Å². The second kappa shape index (κ2) is 7.68. The van der Waals surface area contributed by atoms with Crippen LogP contribution in [0.2, 0.25) is 0 Å². The summed E-state index contributed by atoms with van der Waals surface area (Å²) in [5.74, 6) is 1.62. The minimum absolute atomic E-state index is 0.729. The number of allylic oxidation sites excluding steroid dienone is 4. The van der Waals surface area contributed by atoms with Gasteiger partial charge in [-0.1, -0.05) is 50.1 Å². The minimum Gasteiger partial charge on any atom is -0.240 e. The predicted molar refractivity (Wildman–Crippen MR) is 104 cm³/mol. The van der Waals surface area contributed by atoms with E-state index in [9.17, 15) is 4.39 Å². The molecule has 2 rings (SSSR count). The molecule has 1 fully saturated rings. The van der Waals surface area contributed by atoms with Crippen LogP contribution < -0.4 is 0 Å². The van der Waals surface area contributed by atoms with Gasteiger partial charge in [0.25, 0.3) is 0 Å². The maximum atomic E-state index is 13.9. The lowest BCUT2D eigenvalue weighted by Gasteiger charge is -2.27. The van der Waals surface area contributed by atoms with Gasteiger partial charge in [-0.25, -0.2) is 4.39 Å². The van der Waals surface area contributed by atoms with Crippen molar-refractivity contribution in [3.63, 3.8) is 0 Å².